The van der Waals surface area contributed by atoms with Crippen LogP contribution in [0.15, 0.2) is 30.7 Å². The Morgan fingerprint density at radius 2 is 2.23 bits per heavy atom. The Bertz CT molecular complexity index is 785. The Balaban J connectivity index is 1.68. The van der Waals surface area contributed by atoms with E-state index >= 15 is 0 Å². The van der Waals surface area contributed by atoms with Crippen LogP contribution in [0.25, 0.3) is 5.78 Å². The molecule has 0 spiro atoms. The molecule has 0 fully saturated rings. The smallest absolute Gasteiger partial charge is 0.271 e. The third-order valence-electron chi connectivity index (χ3n) is 3.49. The molecule has 0 unspecified atom stereocenters. The molecule has 0 radical (unpaired) electrons. The SMILES string of the molecule is Cc1cc(C)n([C@@H](C)CNC(=O)c2cn3cccnc3n2)n1. The van der Waals surface area contributed by atoms with E-state index in [4.69, 9.17) is 0 Å². The molecule has 0 aliphatic carbocycles. The van der Waals surface area contributed by atoms with E-state index in [-0.39, 0.29) is 11.9 Å². The van der Waals surface area contributed by atoms with E-state index in [2.05, 4.69) is 20.4 Å². The molecule has 3 aromatic rings. The Morgan fingerprint density at radius 1 is 1.41 bits per heavy atom. The van der Waals surface area contributed by atoms with E-state index in [0.29, 0.717) is 18.0 Å². The van der Waals surface area contributed by atoms with Crippen molar-refractivity contribution in [2.24, 2.45) is 0 Å². The fourth-order valence-electron chi connectivity index (χ4n) is 2.45. The third kappa shape index (κ3) is 2.69. The van der Waals surface area contributed by atoms with E-state index in [9.17, 15) is 4.79 Å². The Labute approximate surface area is 128 Å². The minimum Gasteiger partial charge on any atom is -0.349 e. The van der Waals surface area contributed by atoms with Gasteiger partial charge in [0.1, 0.15) is 5.69 Å². The Morgan fingerprint density at radius 3 is 2.91 bits per heavy atom. The number of fused-ring (bicyclic) bond motifs is 1. The molecule has 0 bridgehead atoms. The summed E-state index contributed by atoms with van der Waals surface area (Å²) < 4.78 is 3.64. The van der Waals surface area contributed by atoms with Crippen molar-refractivity contribution in [1.82, 2.24) is 29.5 Å². The zero-order valence-corrected chi connectivity index (χ0v) is 12.8. The molecule has 1 amide bonds. The van der Waals surface area contributed by atoms with Gasteiger partial charge in [-0.25, -0.2) is 9.97 Å². The molecule has 0 aliphatic rings. The first-order valence-electron chi connectivity index (χ1n) is 7.15. The van der Waals surface area contributed by atoms with Crippen molar-refractivity contribution in [1.29, 1.82) is 0 Å². The van der Waals surface area contributed by atoms with Gasteiger partial charge in [0.05, 0.1) is 11.7 Å². The first-order chi connectivity index (χ1) is 10.5. The number of nitrogens with one attached hydrogen (secondary N) is 1. The molecule has 22 heavy (non-hydrogen) atoms. The summed E-state index contributed by atoms with van der Waals surface area (Å²) in [5, 5.41) is 7.32. The standard InChI is InChI=1S/C15H18N6O/c1-10-7-11(2)21(19-10)12(3)8-17-14(22)13-9-20-6-4-5-16-15(20)18-13/h4-7,9,12H,8H2,1-3H3,(H,17,22)/t12-/m0/s1. The quantitative estimate of drug-likeness (QED) is 0.792. The third-order valence-corrected chi connectivity index (χ3v) is 3.49. The molecule has 0 aliphatic heterocycles. The van der Waals surface area contributed by atoms with Gasteiger partial charge in [-0.1, -0.05) is 0 Å². The second-order valence-electron chi connectivity index (χ2n) is 5.38. The van der Waals surface area contributed by atoms with E-state index < -0.39 is 0 Å². The summed E-state index contributed by atoms with van der Waals surface area (Å²) in [4.78, 5) is 20.5. The Kier molecular flexibility index (Phi) is 3.62. The zero-order chi connectivity index (χ0) is 15.7. The van der Waals surface area contributed by atoms with Crippen LogP contribution in [0.5, 0.6) is 0 Å². The molecular weight excluding hydrogens is 280 g/mol. The number of imidazole rings is 1. The van der Waals surface area contributed by atoms with Gasteiger partial charge in [0.25, 0.3) is 5.91 Å². The highest BCUT2D eigenvalue weighted by atomic mass is 16.1. The lowest BCUT2D eigenvalue weighted by molar-refractivity contribution is 0.0943. The van der Waals surface area contributed by atoms with E-state index in [1.165, 1.54) is 0 Å². The number of rotatable bonds is 4. The van der Waals surface area contributed by atoms with Crippen LogP contribution in [0.1, 0.15) is 34.8 Å². The van der Waals surface area contributed by atoms with Crippen molar-refractivity contribution in [3.05, 3.63) is 47.8 Å². The minimum atomic E-state index is -0.209. The minimum absolute atomic E-state index is 0.0767. The van der Waals surface area contributed by atoms with Gasteiger partial charge in [0.2, 0.25) is 5.78 Å². The highest BCUT2D eigenvalue weighted by molar-refractivity contribution is 5.92. The largest absolute Gasteiger partial charge is 0.349 e. The van der Waals surface area contributed by atoms with E-state index in [1.807, 2.05) is 37.7 Å². The summed E-state index contributed by atoms with van der Waals surface area (Å²) >= 11 is 0. The van der Waals surface area contributed by atoms with Gasteiger partial charge in [-0.05, 0) is 32.9 Å². The number of hydrogen-bond acceptors (Lipinski definition) is 4. The maximum atomic E-state index is 12.2. The van der Waals surface area contributed by atoms with Crippen LogP contribution in [0, 0.1) is 13.8 Å². The number of nitrogens with zero attached hydrogens (tertiary/aromatic N) is 5. The van der Waals surface area contributed by atoms with Crippen LogP contribution in [-0.2, 0) is 0 Å². The van der Waals surface area contributed by atoms with Crippen molar-refractivity contribution in [2.45, 2.75) is 26.8 Å². The number of hydrogen-bond donors (Lipinski definition) is 1. The van der Waals surface area contributed by atoms with Crippen LogP contribution in [0.4, 0.5) is 0 Å². The molecule has 1 atom stereocenters. The summed E-state index contributed by atoms with van der Waals surface area (Å²) in [6, 6.07) is 3.89. The summed E-state index contributed by atoms with van der Waals surface area (Å²) in [7, 11) is 0. The molecule has 3 rings (SSSR count). The summed E-state index contributed by atoms with van der Waals surface area (Å²) in [6.07, 6.45) is 5.13. The maximum absolute atomic E-state index is 12.2. The fraction of sp³-hybridized carbons (Fsp3) is 0.333. The second kappa shape index (κ2) is 5.59. The van der Waals surface area contributed by atoms with Crippen molar-refractivity contribution >= 4 is 11.7 Å². The van der Waals surface area contributed by atoms with Crippen LogP contribution < -0.4 is 5.32 Å². The van der Waals surface area contributed by atoms with Gasteiger partial charge in [-0.3, -0.25) is 13.9 Å². The van der Waals surface area contributed by atoms with Crippen LogP contribution in [0.2, 0.25) is 0 Å². The van der Waals surface area contributed by atoms with Gasteiger partial charge in [-0.15, -0.1) is 0 Å². The molecule has 114 valence electrons. The van der Waals surface area contributed by atoms with Crippen molar-refractivity contribution < 1.29 is 4.79 Å². The number of amides is 1. The van der Waals surface area contributed by atoms with Gasteiger partial charge >= 0.3 is 0 Å². The van der Waals surface area contributed by atoms with Crippen molar-refractivity contribution in [3.8, 4) is 0 Å². The van der Waals surface area contributed by atoms with Crippen molar-refractivity contribution in [3.63, 3.8) is 0 Å². The van der Waals surface area contributed by atoms with Gasteiger partial charge < -0.3 is 5.32 Å². The van der Waals surface area contributed by atoms with E-state index in [0.717, 1.165) is 11.4 Å². The molecule has 1 N–H and O–H groups in total. The molecular formula is C15H18N6O. The lowest BCUT2D eigenvalue weighted by Gasteiger charge is -2.14. The van der Waals surface area contributed by atoms with Gasteiger partial charge in [-0.2, -0.15) is 5.10 Å². The number of aryl methyl sites for hydroxylation is 2. The maximum Gasteiger partial charge on any atom is 0.271 e. The molecule has 7 nitrogen and oxygen atoms in total. The van der Waals surface area contributed by atoms with Crippen LogP contribution in [0.3, 0.4) is 0 Å². The predicted octanol–water partition coefficient (Wildman–Crippen LogP) is 1.53. The average Bonchev–Trinajstić information content (AvgIpc) is 3.07. The lowest BCUT2D eigenvalue weighted by Crippen LogP contribution is -2.30. The van der Waals surface area contributed by atoms with Gasteiger partial charge in [0, 0.05) is 30.8 Å². The molecule has 3 aromatic heterocycles. The van der Waals surface area contributed by atoms with Crippen LogP contribution in [-0.4, -0.2) is 36.6 Å². The first-order valence-corrected chi connectivity index (χ1v) is 7.15. The van der Waals surface area contributed by atoms with E-state index in [1.54, 1.807) is 22.9 Å². The summed E-state index contributed by atoms with van der Waals surface area (Å²) in [5.41, 5.74) is 2.41. The summed E-state index contributed by atoms with van der Waals surface area (Å²) in [6.45, 7) is 6.47. The molecule has 0 saturated carbocycles. The lowest BCUT2D eigenvalue weighted by atomic mass is 10.3. The highest BCUT2D eigenvalue weighted by Gasteiger charge is 2.14. The zero-order valence-electron chi connectivity index (χ0n) is 12.8. The molecule has 7 heteroatoms. The normalized spacial score (nSPS) is 12.5. The topological polar surface area (TPSA) is 77.1 Å². The number of carbonyl (C=O) groups is 1. The summed E-state index contributed by atoms with van der Waals surface area (Å²) in [5.74, 6) is 0.304. The second-order valence-corrected chi connectivity index (χ2v) is 5.38. The first kappa shape index (κ1) is 14.2. The molecule has 3 heterocycles. The van der Waals surface area contributed by atoms with Crippen molar-refractivity contribution in [2.75, 3.05) is 6.54 Å². The number of carbonyl (C=O) groups excluding carboxylic acids is 1. The monoisotopic (exact) mass is 298 g/mol. The molecule has 0 aromatic carbocycles. The Hall–Kier alpha value is -2.70. The van der Waals surface area contributed by atoms with Crippen LogP contribution >= 0.6 is 0 Å². The number of aromatic nitrogens is 5. The predicted molar refractivity (Wildman–Crippen MR) is 81.7 cm³/mol. The highest BCUT2D eigenvalue weighted by Crippen LogP contribution is 2.10. The average molecular weight is 298 g/mol. The fourth-order valence-corrected chi connectivity index (χ4v) is 2.45. The molecule has 0 saturated heterocycles. The van der Waals surface area contributed by atoms with Gasteiger partial charge in [0.15, 0.2) is 0 Å².